The predicted molar refractivity (Wildman–Crippen MR) is 141 cm³/mol. The van der Waals surface area contributed by atoms with Crippen molar-refractivity contribution in [3.05, 3.63) is 76.6 Å². The number of ether oxygens (including phenoxy) is 1. The van der Waals surface area contributed by atoms with Crippen molar-refractivity contribution in [2.45, 2.75) is 38.7 Å². The number of hydrogen-bond donors (Lipinski definition) is 3. The van der Waals surface area contributed by atoms with Gasteiger partial charge in [0.2, 0.25) is 11.8 Å². The molecule has 1 fully saturated rings. The molecule has 2 aliphatic rings. The van der Waals surface area contributed by atoms with Crippen molar-refractivity contribution in [3.63, 3.8) is 0 Å². The first kappa shape index (κ1) is 28.2. The summed E-state index contributed by atoms with van der Waals surface area (Å²) in [5.41, 5.74) is 3.53. The molecule has 2 aromatic carbocycles. The SMILES string of the molecule is CCC1=C([C@H](O)CC/C(=C/c2ccc(O)c(F)c2)c2ccccc2)[C@H](CO)[C@@H]2C(=O)N(C(=O)OC)C(=O)[C@@H]2C1. The Morgan fingerprint density at radius 3 is 2.51 bits per heavy atom. The van der Waals surface area contributed by atoms with Gasteiger partial charge >= 0.3 is 6.09 Å². The van der Waals surface area contributed by atoms with E-state index in [2.05, 4.69) is 4.74 Å². The molecule has 4 rings (SSSR count). The van der Waals surface area contributed by atoms with Crippen molar-refractivity contribution in [2.75, 3.05) is 13.7 Å². The molecule has 2 aromatic rings. The van der Waals surface area contributed by atoms with Crippen molar-refractivity contribution in [2.24, 2.45) is 17.8 Å². The number of imide groups is 3. The van der Waals surface area contributed by atoms with Gasteiger partial charge in [0, 0.05) is 5.92 Å². The number of aromatic hydroxyl groups is 1. The van der Waals surface area contributed by atoms with Gasteiger partial charge in [0.25, 0.3) is 0 Å². The predicted octanol–water partition coefficient (Wildman–Crippen LogP) is 4.30. The molecule has 1 saturated heterocycles. The second kappa shape index (κ2) is 11.9. The molecule has 9 heteroatoms. The third-order valence-corrected chi connectivity index (χ3v) is 7.67. The van der Waals surface area contributed by atoms with Crippen LogP contribution >= 0.6 is 0 Å². The summed E-state index contributed by atoms with van der Waals surface area (Å²) in [5, 5.41) is 31.3. The summed E-state index contributed by atoms with van der Waals surface area (Å²) < 4.78 is 18.6. The Balaban J connectivity index is 1.63. The van der Waals surface area contributed by atoms with Crippen LogP contribution in [0.25, 0.3) is 11.6 Å². The number of methoxy groups -OCH3 is 1. The first-order valence-corrected chi connectivity index (χ1v) is 12.9. The number of nitrogens with zero attached hydrogens (tertiary/aromatic N) is 1. The number of aliphatic hydroxyl groups is 2. The van der Waals surface area contributed by atoms with Crippen molar-refractivity contribution >= 4 is 29.6 Å². The van der Waals surface area contributed by atoms with Crippen molar-refractivity contribution in [1.29, 1.82) is 0 Å². The molecule has 0 bridgehead atoms. The maximum absolute atomic E-state index is 14.0. The summed E-state index contributed by atoms with van der Waals surface area (Å²) in [6.45, 7) is 1.41. The number of aliphatic hydroxyl groups excluding tert-OH is 2. The van der Waals surface area contributed by atoms with Crippen LogP contribution in [0.2, 0.25) is 0 Å². The van der Waals surface area contributed by atoms with Gasteiger partial charge in [-0.3, -0.25) is 9.59 Å². The number of allylic oxidation sites excluding steroid dienone is 2. The molecule has 3 N–H and O–H groups in total. The average Bonchev–Trinajstić information content (AvgIpc) is 3.20. The number of hydrogen-bond acceptors (Lipinski definition) is 7. The second-order valence-electron chi connectivity index (χ2n) is 9.82. The van der Waals surface area contributed by atoms with Gasteiger partial charge in [-0.25, -0.2) is 9.18 Å². The number of likely N-dealkylation sites (tertiary alicyclic amines) is 1. The summed E-state index contributed by atoms with van der Waals surface area (Å²) in [5.74, 6) is -5.16. The van der Waals surface area contributed by atoms with Crippen LogP contribution in [0.5, 0.6) is 5.75 Å². The largest absolute Gasteiger partial charge is 0.505 e. The van der Waals surface area contributed by atoms with Crippen LogP contribution in [0.3, 0.4) is 0 Å². The smallest absolute Gasteiger partial charge is 0.423 e. The van der Waals surface area contributed by atoms with Crippen LogP contribution in [-0.4, -0.2) is 57.9 Å². The average molecular weight is 538 g/mol. The first-order chi connectivity index (χ1) is 18.7. The number of amides is 3. The minimum atomic E-state index is -1.06. The highest BCUT2D eigenvalue weighted by Gasteiger charge is 2.56. The Morgan fingerprint density at radius 2 is 1.90 bits per heavy atom. The monoisotopic (exact) mass is 537 g/mol. The summed E-state index contributed by atoms with van der Waals surface area (Å²) in [4.78, 5) is 38.7. The zero-order chi connectivity index (χ0) is 28.3. The van der Waals surface area contributed by atoms with Gasteiger partial charge in [-0.1, -0.05) is 55.0 Å². The fraction of sp³-hybridized carbons (Fsp3) is 0.367. The fourth-order valence-electron chi connectivity index (χ4n) is 5.78. The molecule has 4 atom stereocenters. The molecule has 39 heavy (non-hydrogen) atoms. The minimum absolute atomic E-state index is 0.205. The van der Waals surface area contributed by atoms with Crippen LogP contribution in [0, 0.1) is 23.6 Å². The molecular weight excluding hydrogens is 505 g/mol. The van der Waals surface area contributed by atoms with Gasteiger partial charge in [-0.15, -0.1) is 0 Å². The Kier molecular flexibility index (Phi) is 8.62. The zero-order valence-corrected chi connectivity index (χ0v) is 21.8. The van der Waals surface area contributed by atoms with Gasteiger partial charge < -0.3 is 20.1 Å². The number of rotatable bonds is 8. The van der Waals surface area contributed by atoms with Gasteiger partial charge in [-0.2, -0.15) is 4.90 Å². The molecule has 0 saturated carbocycles. The lowest BCUT2D eigenvalue weighted by Gasteiger charge is -2.36. The zero-order valence-electron chi connectivity index (χ0n) is 21.8. The summed E-state index contributed by atoms with van der Waals surface area (Å²) in [7, 11) is 1.09. The van der Waals surface area contributed by atoms with Crippen LogP contribution in [0.15, 0.2) is 59.7 Å². The molecular formula is C30H32FNO7. The first-order valence-electron chi connectivity index (χ1n) is 12.9. The lowest BCUT2D eigenvalue weighted by atomic mass is 9.67. The van der Waals surface area contributed by atoms with E-state index in [1.54, 1.807) is 12.1 Å². The number of carbonyl (C=O) groups excluding carboxylic acids is 3. The number of carbonyl (C=O) groups is 3. The van der Waals surface area contributed by atoms with Gasteiger partial charge in [-0.05, 0) is 60.1 Å². The normalized spacial score (nSPS) is 22.2. The van der Waals surface area contributed by atoms with E-state index in [1.165, 1.54) is 12.1 Å². The Morgan fingerprint density at radius 1 is 1.18 bits per heavy atom. The van der Waals surface area contributed by atoms with E-state index in [0.717, 1.165) is 23.8 Å². The lowest BCUT2D eigenvalue weighted by molar-refractivity contribution is -0.137. The molecule has 0 radical (unpaired) electrons. The van der Waals surface area contributed by atoms with Crippen LogP contribution in [0.4, 0.5) is 9.18 Å². The molecule has 1 heterocycles. The summed E-state index contributed by atoms with van der Waals surface area (Å²) in [6, 6.07) is 13.5. The standard InChI is InChI=1S/C30H32FNO7/c1-3-18-15-21-27(29(37)32(28(21)36)30(38)39-2)22(16-33)26(18)25(35)12-10-20(19-7-5-4-6-8-19)13-17-9-11-24(34)23(31)14-17/h4-9,11,13-14,21-22,25,27,33-35H,3,10,12,15-16H2,1-2H3/b20-13-/t21-,22+,25-,27-/m1/s1. The lowest BCUT2D eigenvalue weighted by Crippen LogP contribution is -2.40. The van der Waals surface area contributed by atoms with E-state index in [1.807, 2.05) is 37.3 Å². The number of benzene rings is 2. The highest BCUT2D eigenvalue weighted by Crippen LogP contribution is 2.47. The second-order valence-corrected chi connectivity index (χ2v) is 9.82. The van der Waals surface area contributed by atoms with E-state index in [0.29, 0.717) is 28.9 Å². The molecule has 1 aliphatic heterocycles. The molecule has 1 aliphatic carbocycles. The van der Waals surface area contributed by atoms with Gasteiger partial charge in [0.15, 0.2) is 11.6 Å². The summed E-state index contributed by atoms with van der Waals surface area (Å²) in [6.07, 6.45) is 1.01. The maximum Gasteiger partial charge on any atom is 0.423 e. The van der Waals surface area contributed by atoms with Crippen LogP contribution in [0.1, 0.15) is 43.7 Å². The third kappa shape index (κ3) is 5.51. The van der Waals surface area contributed by atoms with Gasteiger partial charge in [0.05, 0.1) is 31.7 Å². The number of phenols is 1. The quantitative estimate of drug-likeness (QED) is 0.261. The highest BCUT2D eigenvalue weighted by molar-refractivity contribution is 6.16. The van der Waals surface area contributed by atoms with E-state index in [9.17, 15) is 34.1 Å². The van der Waals surface area contributed by atoms with Crippen LogP contribution in [-0.2, 0) is 14.3 Å². The Hall–Kier alpha value is -3.82. The van der Waals surface area contributed by atoms with E-state index < -0.39 is 59.9 Å². The molecule has 3 amide bonds. The molecule has 0 unspecified atom stereocenters. The highest BCUT2D eigenvalue weighted by atomic mass is 19.1. The van der Waals surface area contributed by atoms with Crippen LogP contribution < -0.4 is 0 Å². The number of fused-ring (bicyclic) bond motifs is 1. The van der Waals surface area contributed by atoms with Crippen molar-refractivity contribution in [3.8, 4) is 5.75 Å². The Bertz CT molecular complexity index is 1320. The third-order valence-electron chi connectivity index (χ3n) is 7.67. The molecule has 8 nitrogen and oxygen atoms in total. The molecule has 0 aromatic heterocycles. The van der Waals surface area contributed by atoms with Gasteiger partial charge in [0.1, 0.15) is 0 Å². The Labute approximate surface area is 226 Å². The molecule has 0 spiro atoms. The number of phenolic OH excluding ortho intramolecular Hbond substituents is 1. The fourth-order valence-corrected chi connectivity index (χ4v) is 5.78. The maximum atomic E-state index is 14.0. The van der Waals surface area contributed by atoms with E-state index in [-0.39, 0.29) is 12.8 Å². The summed E-state index contributed by atoms with van der Waals surface area (Å²) >= 11 is 0. The van der Waals surface area contributed by atoms with E-state index >= 15 is 0 Å². The molecule has 206 valence electrons. The number of halogens is 1. The van der Waals surface area contributed by atoms with Crippen molar-refractivity contribution < 1.29 is 38.8 Å². The topological polar surface area (TPSA) is 124 Å². The van der Waals surface area contributed by atoms with Crippen molar-refractivity contribution in [1.82, 2.24) is 4.90 Å². The van der Waals surface area contributed by atoms with E-state index in [4.69, 9.17) is 0 Å². The minimum Gasteiger partial charge on any atom is -0.505 e.